The first-order valence-corrected chi connectivity index (χ1v) is 7.51. The summed E-state index contributed by atoms with van der Waals surface area (Å²) in [7, 11) is -2.36. The lowest BCUT2D eigenvalue weighted by atomic mass is 9.66. The maximum absolute atomic E-state index is 12.9. The molecule has 19 heavy (non-hydrogen) atoms. The average Bonchev–Trinajstić information content (AvgIpc) is 2.66. The third kappa shape index (κ3) is 2.07. The Kier molecular flexibility index (Phi) is 2.51. The molecule has 0 aromatic heterocycles. The van der Waals surface area contributed by atoms with Crippen molar-refractivity contribution in [2.45, 2.75) is 38.7 Å². The summed E-state index contributed by atoms with van der Waals surface area (Å²) in [4.78, 5) is 12.9. The van der Waals surface area contributed by atoms with Crippen molar-refractivity contribution in [3.8, 4) is 0 Å². The van der Waals surface area contributed by atoms with Crippen molar-refractivity contribution >= 4 is 21.7 Å². The van der Waals surface area contributed by atoms with Crippen LogP contribution >= 0.6 is 15.9 Å². The molecule has 0 heterocycles. The van der Waals surface area contributed by atoms with Gasteiger partial charge >= 0.3 is 0 Å². The predicted octanol–water partition coefficient (Wildman–Crippen LogP) is 4.01. The molecule has 1 fully saturated rings. The van der Waals surface area contributed by atoms with E-state index in [4.69, 9.17) is 8.85 Å². The smallest absolute Gasteiger partial charge is 0.169 e. The molecule has 0 bridgehead atoms. The lowest BCUT2D eigenvalue weighted by Gasteiger charge is -2.39. The zero-order chi connectivity index (χ0) is 16.1. The Bertz CT molecular complexity index is 614. The number of carbonyl (C=O) groups excluding carboxylic acids is 1. The van der Waals surface area contributed by atoms with Crippen LogP contribution in [0, 0.1) is 11.3 Å². The van der Waals surface area contributed by atoms with Crippen LogP contribution in [0.1, 0.15) is 46.2 Å². The van der Waals surface area contributed by atoms with Crippen molar-refractivity contribution in [2.24, 2.45) is 11.3 Å². The molecule has 2 nitrogen and oxygen atoms in total. The third-order valence-corrected chi connectivity index (χ3v) is 5.23. The molecule has 0 unspecified atom stereocenters. The summed E-state index contributed by atoms with van der Waals surface area (Å²) in [6, 6.07) is 5.89. The molecule has 1 aromatic rings. The first kappa shape index (κ1) is 10.1. The lowest BCUT2D eigenvalue weighted by Crippen LogP contribution is -2.40. The number of rotatable bonds is 1. The number of Topliss-reactive ketones (excluding diaryl/α,β-unsaturated/α-hetero) is 1. The molecule has 0 N–H and O–H groups in total. The molecule has 0 amide bonds. The van der Waals surface area contributed by atoms with E-state index in [0.717, 1.165) is 22.0 Å². The molecule has 0 saturated heterocycles. The van der Waals surface area contributed by atoms with Gasteiger partial charge in [0.2, 0.25) is 0 Å². The highest BCUT2D eigenvalue weighted by molar-refractivity contribution is 9.10. The highest BCUT2D eigenvalue weighted by Crippen LogP contribution is 2.49. The number of hydrogen-bond acceptors (Lipinski definition) is 2. The second-order valence-corrected chi connectivity index (χ2v) is 6.88. The third-order valence-electron chi connectivity index (χ3n) is 4.73. The van der Waals surface area contributed by atoms with Crippen molar-refractivity contribution in [3.63, 3.8) is 0 Å². The fraction of sp³-hybridized carbons (Fsp3) is 0.562. The first-order valence-electron chi connectivity index (χ1n) is 8.21. The van der Waals surface area contributed by atoms with E-state index < -0.39 is 7.04 Å². The second-order valence-electron chi connectivity index (χ2n) is 5.96. The van der Waals surface area contributed by atoms with Gasteiger partial charge in [0.15, 0.2) is 5.78 Å². The lowest BCUT2D eigenvalue weighted by molar-refractivity contribution is -0.00679. The molecule has 2 aliphatic carbocycles. The summed E-state index contributed by atoms with van der Waals surface area (Å²) in [6.45, 7) is 1.99. The Balaban J connectivity index is 1.80. The average molecular weight is 326 g/mol. The van der Waals surface area contributed by atoms with Crippen molar-refractivity contribution in [1.29, 1.82) is 0 Å². The molecule has 1 spiro atoms. The number of halogens is 1. The molecule has 3 heteroatoms. The van der Waals surface area contributed by atoms with Gasteiger partial charge in [0.05, 0.1) is 10.2 Å². The molecule has 3 rings (SSSR count). The van der Waals surface area contributed by atoms with Crippen molar-refractivity contribution in [1.82, 2.24) is 0 Å². The summed E-state index contributed by atoms with van der Waals surface area (Å²) >= 11 is 3.42. The minimum atomic E-state index is -2.36. The number of ether oxygens (including phenoxy) is 1. The summed E-state index contributed by atoms with van der Waals surface area (Å²) < 4.78 is 27.9. The van der Waals surface area contributed by atoms with Crippen LogP contribution in [0.3, 0.4) is 0 Å². The zero-order valence-corrected chi connectivity index (χ0v) is 12.5. The molecular weight excluding hydrogens is 304 g/mol. The molecule has 2 aliphatic rings. The number of benzene rings is 1. The fourth-order valence-corrected chi connectivity index (χ4v) is 4.10. The van der Waals surface area contributed by atoms with E-state index in [9.17, 15) is 4.79 Å². The van der Waals surface area contributed by atoms with Crippen LogP contribution in [-0.4, -0.2) is 18.9 Å². The number of carbonyl (C=O) groups is 1. The first-order chi connectivity index (χ1) is 10.2. The minimum absolute atomic E-state index is 0.0656. The molecule has 0 radical (unpaired) electrons. The van der Waals surface area contributed by atoms with Gasteiger partial charge in [-0.1, -0.05) is 28.9 Å². The van der Waals surface area contributed by atoms with Crippen LogP contribution in [-0.2, 0) is 11.2 Å². The number of fused-ring (bicyclic) bond motifs is 1. The molecule has 3 atom stereocenters. The van der Waals surface area contributed by atoms with E-state index in [1.54, 1.807) is 0 Å². The Labute approximate surface area is 126 Å². The van der Waals surface area contributed by atoms with Crippen LogP contribution in [0.5, 0.6) is 0 Å². The van der Waals surface area contributed by atoms with Gasteiger partial charge in [-0.2, -0.15) is 0 Å². The van der Waals surface area contributed by atoms with Gasteiger partial charge in [0, 0.05) is 22.5 Å². The summed E-state index contributed by atoms with van der Waals surface area (Å²) in [5.41, 5.74) is 1.56. The van der Waals surface area contributed by atoms with Crippen LogP contribution < -0.4 is 0 Å². The Morgan fingerprint density at radius 3 is 3.11 bits per heavy atom. The topological polar surface area (TPSA) is 26.3 Å². The van der Waals surface area contributed by atoms with Crippen LogP contribution in [0.2, 0.25) is 0 Å². The van der Waals surface area contributed by atoms with Gasteiger partial charge in [0.25, 0.3) is 0 Å². The van der Waals surface area contributed by atoms with E-state index >= 15 is 0 Å². The number of hydrogen-bond donors (Lipinski definition) is 0. The van der Waals surface area contributed by atoms with Gasteiger partial charge in [-0.3, -0.25) is 4.79 Å². The minimum Gasteiger partial charge on any atom is -0.381 e. The van der Waals surface area contributed by atoms with Gasteiger partial charge in [-0.25, -0.2) is 0 Å². The SMILES string of the molecule is [2H]C([2H])([2H])O[C@@H]1CC[C@]2(Cc3ccc(Br)cc3C2=O)C[C@H]1C. The van der Waals surface area contributed by atoms with Gasteiger partial charge < -0.3 is 4.74 Å². The predicted molar refractivity (Wildman–Crippen MR) is 78.4 cm³/mol. The van der Waals surface area contributed by atoms with E-state index in [1.165, 1.54) is 0 Å². The van der Waals surface area contributed by atoms with E-state index in [0.29, 0.717) is 19.3 Å². The zero-order valence-electron chi connectivity index (χ0n) is 13.9. The highest BCUT2D eigenvalue weighted by atomic mass is 79.9. The Morgan fingerprint density at radius 1 is 1.53 bits per heavy atom. The van der Waals surface area contributed by atoms with E-state index in [1.807, 2.05) is 25.1 Å². The second kappa shape index (κ2) is 4.71. The van der Waals surface area contributed by atoms with Crippen LogP contribution in [0.4, 0.5) is 0 Å². The van der Waals surface area contributed by atoms with Crippen LogP contribution in [0.15, 0.2) is 22.7 Å². The van der Waals surface area contributed by atoms with Crippen LogP contribution in [0.25, 0.3) is 0 Å². The summed E-state index contributed by atoms with van der Waals surface area (Å²) in [5, 5.41) is 0. The number of methoxy groups -OCH3 is 1. The number of ketones is 1. The Morgan fingerprint density at radius 2 is 2.37 bits per heavy atom. The maximum Gasteiger partial charge on any atom is 0.169 e. The van der Waals surface area contributed by atoms with Crippen molar-refractivity contribution in [2.75, 3.05) is 7.04 Å². The van der Waals surface area contributed by atoms with Crippen molar-refractivity contribution < 1.29 is 13.6 Å². The van der Waals surface area contributed by atoms with Crippen molar-refractivity contribution in [3.05, 3.63) is 33.8 Å². The normalized spacial score (nSPS) is 36.7. The van der Waals surface area contributed by atoms with E-state index in [-0.39, 0.29) is 23.2 Å². The van der Waals surface area contributed by atoms with E-state index in [2.05, 4.69) is 15.9 Å². The fourth-order valence-electron chi connectivity index (χ4n) is 3.74. The molecule has 1 aromatic carbocycles. The van der Waals surface area contributed by atoms with Gasteiger partial charge in [-0.15, -0.1) is 0 Å². The molecule has 1 saturated carbocycles. The van der Waals surface area contributed by atoms with Gasteiger partial charge in [-0.05, 0) is 49.3 Å². The quantitative estimate of drug-likeness (QED) is 0.779. The van der Waals surface area contributed by atoms with Gasteiger partial charge in [0.1, 0.15) is 0 Å². The molecule has 0 aliphatic heterocycles. The standard InChI is InChI=1S/C16H19BrO2/c1-10-8-16(6-5-14(10)19-2)9-11-3-4-12(17)7-13(11)15(16)18/h3-4,7,10,14H,5-6,8-9H2,1-2H3/t10-,14-,16-/m1/s1/i2D3. The molecule has 102 valence electrons. The maximum atomic E-state index is 12.9. The highest BCUT2D eigenvalue weighted by Gasteiger charge is 2.49. The monoisotopic (exact) mass is 325 g/mol. The summed E-state index contributed by atoms with van der Waals surface area (Å²) in [5.74, 6) is 0.277. The Hall–Kier alpha value is -0.670. The summed E-state index contributed by atoms with van der Waals surface area (Å²) in [6.07, 6.45) is 2.49. The largest absolute Gasteiger partial charge is 0.381 e. The molecular formula is C16H19BrO2.